The number of aliphatic imine (C=N–C) groups is 1. The lowest BCUT2D eigenvalue weighted by Gasteiger charge is -2.24. The van der Waals surface area contributed by atoms with E-state index < -0.39 is 0 Å². The van der Waals surface area contributed by atoms with Crippen molar-refractivity contribution >= 4 is 46.2 Å². The number of carbonyl (C=O) groups excluding carboxylic acids is 2. The van der Waals surface area contributed by atoms with Crippen molar-refractivity contribution in [2.24, 2.45) is 10.9 Å². The number of nitrogens with one attached hydrogen (secondary N) is 1. The fourth-order valence-electron chi connectivity index (χ4n) is 3.52. The highest BCUT2D eigenvalue weighted by Gasteiger charge is 2.36. The zero-order valence-corrected chi connectivity index (χ0v) is 14.9. The number of hydrogen-bond acceptors (Lipinski definition) is 3. The second-order valence-electron chi connectivity index (χ2n) is 6.52. The van der Waals surface area contributed by atoms with E-state index >= 15 is 0 Å². The maximum absolute atomic E-state index is 13.1. The molecular formula is C20H18ClN3O2. The molecule has 1 heterocycles. The van der Waals surface area contributed by atoms with Gasteiger partial charge in [-0.25, -0.2) is 0 Å². The lowest BCUT2D eigenvalue weighted by atomic mass is 10.1. The topological polar surface area (TPSA) is 61.8 Å². The zero-order valence-electron chi connectivity index (χ0n) is 14.1. The molecule has 0 saturated heterocycles. The number of nitrogens with zero attached hydrogens (tertiary/aromatic N) is 2. The molecule has 1 N–H and O–H groups in total. The van der Waals surface area contributed by atoms with Crippen molar-refractivity contribution in [1.82, 2.24) is 0 Å². The average molecular weight is 368 g/mol. The molecule has 132 valence electrons. The third kappa shape index (κ3) is 3.22. The van der Waals surface area contributed by atoms with E-state index in [1.807, 2.05) is 24.3 Å². The van der Waals surface area contributed by atoms with Crippen molar-refractivity contribution in [3.05, 3.63) is 53.6 Å². The van der Waals surface area contributed by atoms with E-state index in [1.54, 1.807) is 29.2 Å². The summed E-state index contributed by atoms with van der Waals surface area (Å²) in [5, 5.41) is 3.42. The molecule has 6 heteroatoms. The first-order chi connectivity index (χ1) is 12.6. The fourth-order valence-corrected chi connectivity index (χ4v) is 3.64. The Balaban J connectivity index is 1.59. The number of amides is 2. The molecule has 4 rings (SSSR count). The molecule has 1 atom stereocenters. The summed E-state index contributed by atoms with van der Waals surface area (Å²) in [6, 6.07) is 14.4. The van der Waals surface area contributed by atoms with Gasteiger partial charge in [0.15, 0.2) is 0 Å². The first kappa shape index (κ1) is 16.8. The predicted octanol–water partition coefficient (Wildman–Crippen LogP) is 4.20. The Morgan fingerprint density at radius 3 is 2.77 bits per heavy atom. The van der Waals surface area contributed by atoms with Gasteiger partial charge in [-0.3, -0.25) is 14.6 Å². The second kappa shape index (κ2) is 6.92. The fraction of sp³-hybridized carbons (Fsp3) is 0.250. The van der Waals surface area contributed by atoms with E-state index in [-0.39, 0.29) is 24.3 Å². The molecule has 0 unspecified atom stereocenters. The number of halogens is 1. The highest BCUT2D eigenvalue weighted by Crippen LogP contribution is 2.37. The molecule has 5 nitrogen and oxygen atoms in total. The van der Waals surface area contributed by atoms with Crippen molar-refractivity contribution in [1.29, 1.82) is 0 Å². The van der Waals surface area contributed by atoms with Crippen LogP contribution in [0.1, 0.15) is 19.3 Å². The minimum Gasteiger partial charge on any atom is -0.325 e. The summed E-state index contributed by atoms with van der Waals surface area (Å²) in [4.78, 5) is 31.9. The van der Waals surface area contributed by atoms with Crippen LogP contribution in [0, 0.1) is 5.92 Å². The van der Waals surface area contributed by atoms with Gasteiger partial charge in [-0.05, 0) is 55.7 Å². The molecule has 2 aliphatic rings. The average Bonchev–Trinajstić information content (AvgIpc) is 3.06. The largest absolute Gasteiger partial charge is 0.325 e. The first-order valence-electron chi connectivity index (χ1n) is 8.65. The van der Waals surface area contributed by atoms with E-state index in [9.17, 15) is 9.59 Å². The summed E-state index contributed by atoms with van der Waals surface area (Å²) in [6.45, 7) is -0.0439. The van der Waals surface area contributed by atoms with Crippen LogP contribution in [0.25, 0.3) is 0 Å². The number of rotatable bonds is 3. The Bertz CT molecular complexity index is 892. The smallest absolute Gasteiger partial charge is 0.244 e. The normalized spacial score (nSPS) is 18.7. The summed E-state index contributed by atoms with van der Waals surface area (Å²) in [6.07, 6.45) is 2.60. The van der Waals surface area contributed by atoms with Gasteiger partial charge < -0.3 is 10.2 Å². The third-order valence-electron chi connectivity index (χ3n) is 4.76. The maximum Gasteiger partial charge on any atom is 0.244 e. The van der Waals surface area contributed by atoms with Crippen molar-refractivity contribution in [3.8, 4) is 0 Å². The lowest BCUT2D eigenvalue weighted by molar-refractivity contribution is -0.122. The lowest BCUT2D eigenvalue weighted by Crippen LogP contribution is -2.41. The minimum atomic E-state index is -0.253. The SMILES string of the molecule is O=C(CN1C(=O)[C@@H]2CCCC2=Nc2ccccc21)Nc1ccc(Cl)cc1. The number of fused-ring (bicyclic) bond motifs is 2. The van der Waals surface area contributed by atoms with E-state index in [4.69, 9.17) is 16.6 Å². The van der Waals surface area contributed by atoms with Gasteiger partial charge in [-0.1, -0.05) is 23.7 Å². The van der Waals surface area contributed by atoms with E-state index in [0.29, 0.717) is 16.4 Å². The van der Waals surface area contributed by atoms with Crippen molar-refractivity contribution in [3.63, 3.8) is 0 Å². The maximum atomic E-state index is 13.1. The van der Waals surface area contributed by atoms with Gasteiger partial charge in [0.1, 0.15) is 6.54 Å². The Morgan fingerprint density at radius 1 is 1.19 bits per heavy atom. The van der Waals surface area contributed by atoms with E-state index in [2.05, 4.69) is 5.32 Å². The van der Waals surface area contributed by atoms with Gasteiger partial charge in [0.2, 0.25) is 11.8 Å². The number of benzene rings is 2. The monoisotopic (exact) mass is 367 g/mol. The second-order valence-corrected chi connectivity index (χ2v) is 6.95. The number of para-hydroxylation sites is 2. The number of hydrogen-bond donors (Lipinski definition) is 1. The van der Waals surface area contributed by atoms with Crippen LogP contribution in [0.2, 0.25) is 5.02 Å². The molecule has 0 radical (unpaired) electrons. The van der Waals surface area contributed by atoms with Gasteiger partial charge in [0, 0.05) is 16.4 Å². The van der Waals surface area contributed by atoms with Gasteiger partial charge in [0.05, 0.1) is 17.3 Å². The number of anilines is 2. The van der Waals surface area contributed by atoms with Crippen molar-refractivity contribution < 1.29 is 9.59 Å². The van der Waals surface area contributed by atoms with Crippen LogP contribution in [0.4, 0.5) is 17.1 Å². The third-order valence-corrected chi connectivity index (χ3v) is 5.01. The Morgan fingerprint density at radius 2 is 1.96 bits per heavy atom. The van der Waals surface area contributed by atoms with Crippen LogP contribution in [0.5, 0.6) is 0 Å². The Labute approximate surface area is 156 Å². The summed E-state index contributed by atoms with van der Waals surface area (Å²) in [5.74, 6) is -0.514. The van der Waals surface area contributed by atoms with Crippen LogP contribution in [-0.4, -0.2) is 24.1 Å². The molecule has 2 amide bonds. The molecule has 1 aliphatic carbocycles. The Kier molecular flexibility index (Phi) is 4.47. The zero-order chi connectivity index (χ0) is 18.1. The molecule has 2 aromatic carbocycles. The molecular weight excluding hydrogens is 350 g/mol. The van der Waals surface area contributed by atoms with Crippen molar-refractivity contribution in [2.75, 3.05) is 16.8 Å². The van der Waals surface area contributed by atoms with E-state index in [0.717, 1.165) is 30.7 Å². The molecule has 26 heavy (non-hydrogen) atoms. The number of carbonyl (C=O) groups is 2. The Hall–Kier alpha value is -2.66. The molecule has 1 aliphatic heterocycles. The summed E-state index contributed by atoms with van der Waals surface area (Å²) >= 11 is 5.87. The highest BCUT2D eigenvalue weighted by molar-refractivity contribution is 6.30. The summed E-state index contributed by atoms with van der Waals surface area (Å²) < 4.78 is 0. The minimum absolute atomic E-state index is 0.0439. The van der Waals surface area contributed by atoms with E-state index in [1.165, 1.54) is 0 Å². The predicted molar refractivity (Wildman–Crippen MR) is 103 cm³/mol. The summed E-state index contributed by atoms with van der Waals surface area (Å²) in [7, 11) is 0. The van der Waals surface area contributed by atoms with Crippen LogP contribution in [-0.2, 0) is 9.59 Å². The quantitative estimate of drug-likeness (QED) is 0.883. The molecule has 1 fully saturated rings. The van der Waals surface area contributed by atoms with Crippen LogP contribution in [0.15, 0.2) is 53.5 Å². The molecule has 0 aromatic heterocycles. The molecule has 0 spiro atoms. The van der Waals surface area contributed by atoms with Crippen molar-refractivity contribution in [2.45, 2.75) is 19.3 Å². The van der Waals surface area contributed by atoms with Gasteiger partial charge in [0.25, 0.3) is 0 Å². The van der Waals surface area contributed by atoms with Gasteiger partial charge >= 0.3 is 0 Å². The molecule has 0 bridgehead atoms. The van der Waals surface area contributed by atoms with Crippen LogP contribution >= 0.6 is 11.6 Å². The van der Waals surface area contributed by atoms with Crippen LogP contribution in [0.3, 0.4) is 0 Å². The standard InChI is InChI=1S/C20H18ClN3O2/c21-13-8-10-14(11-9-13)22-19(25)12-24-18-7-2-1-5-17(18)23-16-6-3-4-15(16)20(24)26/h1-2,5,7-11,15H,3-4,6,12H2,(H,22,25)/t15-/m1/s1. The molecule has 2 aromatic rings. The first-order valence-corrected chi connectivity index (χ1v) is 9.03. The van der Waals surface area contributed by atoms with Crippen LogP contribution < -0.4 is 10.2 Å². The molecule has 1 saturated carbocycles. The highest BCUT2D eigenvalue weighted by atomic mass is 35.5. The van der Waals surface area contributed by atoms with Gasteiger partial charge in [-0.15, -0.1) is 0 Å². The van der Waals surface area contributed by atoms with Gasteiger partial charge in [-0.2, -0.15) is 0 Å². The summed E-state index contributed by atoms with van der Waals surface area (Å²) in [5.41, 5.74) is 3.01.